The number of hydrogen-bond acceptors (Lipinski definition) is 7. The van der Waals surface area contributed by atoms with Crippen LogP contribution in [-0.4, -0.2) is 47.3 Å². The van der Waals surface area contributed by atoms with Gasteiger partial charge in [0.15, 0.2) is 17.6 Å². The molecule has 0 unspecified atom stereocenters. The first-order valence-electron chi connectivity index (χ1n) is 11.6. The Hall–Kier alpha value is -3.88. The van der Waals surface area contributed by atoms with Crippen LogP contribution in [0.3, 0.4) is 0 Å². The van der Waals surface area contributed by atoms with Crippen LogP contribution in [0.4, 0.5) is 0 Å². The van der Waals surface area contributed by atoms with E-state index in [4.69, 9.17) is 19.2 Å². The summed E-state index contributed by atoms with van der Waals surface area (Å²) in [7, 11) is 2.90. The maximum Gasteiger partial charge on any atom is 0.344 e. The summed E-state index contributed by atoms with van der Waals surface area (Å²) in [4.78, 5) is 29.5. The Bertz CT molecular complexity index is 1290. The van der Waals surface area contributed by atoms with E-state index >= 15 is 0 Å². The fourth-order valence-electron chi connectivity index (χ4n) is 4.32. The smallest absolute Gasteiger partial charge is 0.344 e. The lowest BCUT2D eigenvalue weighted by Gasteiger charge is -2.22. The molecule has 1 fully saturated rings. The van der Waals surface area contributed by atoms with Crippen LogP contribution in [0.5, 0.6) is 17.2 Å². The quantitative estimate of drug-likeness (QED) is 0.482. The molecule has 1 aromatic heterocycles. The minimum Gasteiger partial charge on any atom is -0.493 e. The lowest BCUT2D eigenvalue weighted by atomic mass is 9.88. The van der Waals surface area contributed by atoms with Gasteiger partial charge in [0.05, 0.1) is 31.3 Å². The van der Waals surface area contributed by atoms with Crippen LogP contribution in [0, 0.1) is 0 Å². The fraction of sp³-hybridized carbons (Fsp3) is 0.385. The van der Waals surface area contributed by atoms with Gasteiger partial charge in [-0.05, 0) is 44.0 Å². The van der Waals surface area contributed by atoms with Gasteiger partial charge in [0.2, 0.25) is 5.75 Å². The van der Waals surface area contributed by atoms with Gasteiger partial charge in [-0.1, -0.05) is 31.4 Å². The van der Waals surface area contributed by atoms with E-state index in [9.17, 15) is 14.7 Å². The number of fused-ring (bicyclic) bond motifs is 1. The SMILES string of the molecule is COc1cc(C=Nn2c(C3CCCCC3)nc3ccccc3c2=O)cc(OC)c1O[C@@H](C)C(=O)O. The number of benzene rings is 2. The molecule has 3 aromatic rings. The highest BCUT2D eigenvalue weighted by Crippen LogP contribution is 2.39. The van der Waals surface area contributed by atoms with Crippen LogP contribution in [0.15, 0.2) is 46.3 Å². The molecule has 1 saturated carbocycles. The Morgan fingerprint density at radius 2 is 1.80 bits per heavy atom. The zero-order valence-corrected chi connectivity index (χ0v) is 20.1. The van der Waals surface area contributed by atoms with Crippen molar-refractivity contribution in [2.24, 2.45) is 5.10 Å². The predicted molar refractivity (Wildman–Crippen MR) is 132 cm³/mol. The van der Waals surface area contributed by atoms with Crippen molar-refractivity contribution in [3.05, 3.63) is 58.1 Å². The van der Waals surface area contributed by atoms with Gasteiger partial charge in [-0.15, -0.1) is 0 Å². The van der Waals surface area contributed by atoms with E-state index in [2.05, 4.69) is 5.10 Å². The van der Waals surface area contributed by atoms with E-state index in [1.807, 2.05) is 18.2 Å². The minimum atomic E-state index is -1.11. The summed E-state index contributed by atoms with van der Waals surface area (Å²) in [5.41, 5.74) is 1.03. The van der Waals surface area contributed by atoms with Crippen molar-refractivity contribution in [2.45, 2.75) is 51.0 Å². The third-order valence-electron chi connectivity index (χ3n) is 6.20. The Morgan fingerprint density at radius 1 is 1.14 bits per heavy atom. The van der Waals surface area contributed by atoms with Crippen molar-refractivity contribution >= 4 is 23.1 Å². The number of carboxylic acid groups (broad SMARTS) is 1. The second-order valence-corrected chi connectivity index (χ2v) is 8.54. The van der Waals surface area contributed by atoms with Crippen LogP contribution in [0.2, 0.25) is 0 Å². The highest BCUT2D eigenvalue weighted by Gasteiger charge is 2.23. The molecule has 35 heavy (non-hydrogen) atoms. The summed E-state index contributed by atoms with van der Waals surface area (Å²) in [5.74, 6) is 0.466. The van der Waals surface area contributed by atoms with Crippen LogP contribution in [0.1, 0.15) is 56.3 Å². The highest BCUT2D eigenvalue weighted by molar-refractivity contribution is 5.83. The molecule has 2 aromatic carbocycles. The maximum atomic E-state index is 13.4. The number of aromatic nitrogens is 2. The molecular weight excluding hydrogens is 450 g/mol. The van der Waals surface area contributed by atoms with Gasteiger partial charge in [0, 0.05) is 11.5 Å². The van der Waals surface area contributed by atoms with E-state index in [0.29, 0.717) is 22.3 Å². The Morgan fingerprint density at radius 3 is 2.43 bits per heavy atom. The molecule has 4 rings (SSSR count). The maximum absolute atomic E-state index is 13.4. The predicted octanol–water partition coefficient (Wildman–Crippen LogP) is 4.20. The molecule has 1 heterocycles. The Labute approximate surface area is 203 Å². The van der Waals surface area contributed by atoms with Crippen LogP contribution in [-0.2, 0) is 4.79 Å². The van der Waals surface area contributed by atoms with Crippen LogP contribution >= 0.6 is 0 Å². The summed E-state index contributed by atoms with van der Waals surface area (Å²) < 4.78 is 17.8. The van der Waals surface area contributed by atoms with Crippen molar-refractivity contribution in [3.63, 3.8) is 0 Å². The number of nitrogens with zero attached hydrogens (tertiary/aromatic N) is 3. The van der Waals surface area contributed by atoms with Crippen molar-refractivity contribution in [1.29, 1.82) is 0 Å². The fourth-order valence-corrected chi connectivity index (χ4v) is 4.32. The molecule has 0 spiro atoms. The van der Waals surface area contributed by atoms with E-state index in [1.54, 1.807) is 24.4 Å². The van der Waals surface area contributed by atoms with E-state index in [1.165, 1.54) is 32.2 Å². The second-order valence-electron chi connectivity index (χ2n) is 8.54. The summed E-state index contributed by atoms with van der Waals surface area (Å²) >= 11 is 0. The molecule has 0 amide bonds. The van der Waals surface area contributed by atoms with Gasteiger partial charge >= 0.3 is 5.97 Å². The van der Waals surface area contributed by atoms with Gasteiger partial charge in [-0.2, -0.15) is 9.78 Å². The van der Waals surface area contributed by atoms with Gasteiger partial charge in [-0.3, -0.25) is 4.79 Å². The number of carbonyl (C=O) groups is 1. The lowest BCUT2D eigenvalue weighted by Crippen LogP contribution is -2.25. The molecule has 1 aliphatic rings. The summed E-state index contributed by atoms with van der Waals surface area (Å²) in [5, 5.41) is 14.3. The van der Waals surface area contributed by atoms with Gasteiger partial charge in [0.1, 0.15) is 5.82 Å². The number of rotatable bonds is 8. The van der Waals surface area contributed by atoms with Crippen molar-refractivity contribution in [3.8, 4) is 17.2 Å². The first-order valence-corrected chi connectivity index (χ1v) is 11.6. The summed E-state index contributed by atoms with van der Waals surface area (Å²) in [6.45, 7) is 1.42. The highest BCUT2D eigenvalue weighted by atomic mass is 16.6. The summed E-state index contributed by atoms with van der Waals surface area (Å²) in [6.07, 6.45) is 5.76. The summed E-state index contributed by atoms with van der Waals surface area (Å²) in [6, 6.07) is 10.6. The van der Waals surface area contributed by atoms with Crippen molar-refractivity contribution in [1.82, 2.24) is 9.66 Å². The van der Waals surface area contributed by atoms with Crippen LogP contribution < -0.4 is 19.8 Å². The molecule has 1 atom stereocenters. The van der Waals surface area contributed by atoms with Crippen LogP contribution in [0.25, 0.3) is 10.9 Å². The molecule has 0 saturated heterocycles. The van der Waals surface area contributed by atoms with E-state index in [-0.39, 0.29) is 28.7 Å². The standard InChI is InChI=1S/C26H29N3O6/c1-16(26(31)32)35-23-21(33-2)13-17(14-22(23)34-3)15-27-29-24(18-9-5-4-6-10-18)28-20-12-8-7-11-19(20)25(29)30/h7-8,11-16,18H,4-6,9-10H2,1-3H3,(H,31,32)/t16-/m0/s1. The zero-order valence-electron chi connectivity index (χ0n) is 20.1. The Balaban J connectivity index is 1.78. The number of methoxy groups -OCH3 is 2. The van der Waals surface area contributed by atoms with Crippen molar-refractivity contribution < 1.29 is 24.1 Å². The minimum absolute atomic E-state index is 0.163. The van der Waals surface area contributed by atoms with E-state index < -0.39 is 12.1 Å². The third kappa shape index (κ3) is 5.13. The molecule has 1 N–H and O–H groups in total. The molecule has 0 radical (unpaired) electrons. The monoisotopic (exact) mass is 479 g/mol. The largest absolute Gasteiger partial charge is 0.493 e. The second kappa shape index (κ2) is 10.6. The number of ether oxygens (including phenoxy) is 3. The molecular formula is C26H29N3O6. The molecule has 0 aliphatic heterocycles. The first-order chi connectivity index (χ1) is 16.9. The average Bonchev–Trinajstić information content (AvgIpc) is 2.88. The number of hydrogen-bond donors (Lipinski definition) is 1. The molecule has 184 valence electrons. The molecule has 1 aliphatic carbocycles. The molecule has 9 nitrogen and oxygen atoms in total. The van der Waals surface area contributed by atoms with Crippen molar-refractivity contribution in [2.75, 3.05) is 14.2 Å². The average molecular weight is 480 g/mol. The number of aliphatic carboxylic acids is 1. The molecule has 9 heteroatoms. The van der Waals surface area contributed by atoms with Gasteiger partial charge < -0.3 is 19.3 Å². The van der Waals surface area contributed by atoms with E-state index in [0.717, 1.165) is 25.7 Å². The number of para-hydroxylation sites is 1. The zero-order chi connectivity index (χ0) is 24.9. The third-order valence-corrected chi connectivity index (χ3v) is 6.20. The van der Waals surface area contributed by atoms with Gasteiger partial charge in [0.25, 0.3) is 5.56 Å². The molecule has 0 bridgehead atoms. The number of carboxylic acids is 1. The lowest BCUT2D eigenvalue weighted by molar-refractivity contribution is -0.144. The first kappa shape index (κ1) is 24.3. The topological polar surface area (TPSA) is 112 Å². The Kier molecular flexibility index (Phi) is 7.33. The van der Waals surface area contributed by atoms with Gasteiger partial charge in [-0.25, -0.2) is 9.78 Å². The normalized spacial score (nSPS) is 15.3.